The van der Waals surface area contributed by atoms with Crippen LogP contribution in [0.15, 0.2) is 0 Å². The standard InChI is InChI=1S/C6H15N5.ClH.Pd/c1-2-3-4-10-6(9)11-5(7)8;;/h2-4H2,1H3,(H6,7,8,9,10,11);1H;. The first kappa shape index (κ1) is 18.5. The normalized spacial score (nSPS) is 7.46. The number of nitrogens with two attached hydrogens (primary N) is 1. The Kier molecular flexibility index (Phi) is 16.6. The summed E-state index contributed by atoms with van der Waals surface area (Å²) >= 11 is 0. The Bertz CT molecular complexity index is 152. The van der Waals surface area contributed by atoms with E-state index in [0.29, 0.717) is 0 Å². The number of halogens is 1. The third-order valence-corrected chi connectivity index (χ3v) is 1.09. The number of nitrogens with one attached hydrogen (secondary N) is 4. The molecule has 0 aliphatic heterocycles. The molecule has 0 amide bonds. The second-order valence-electron chi connectivity index (χ2n) is 2.19. The molecule has 0 spiro atoms. The van der Waals surface area contributed by atoms with Crippen molar-refractivity contribution in [3.8, 4) is 0 Å². The van der Waals surface area contributed by atoms with Crippen LogP contribution in [0.25, 0.3) is 0 Å². The Morgan fingerprint density at radius 2 is 1.92 bits per heavy atom. The van der Waals surface area contributed by atoms with Crippen LogP contribution in [0.4, 0.5) is 0 Å². The molecule has 0 unspecified atom stereocenters. The van der Waals surface area contributed by atoms with Crippen LogP contribution >= 0.6 is 12.4 Å². The summed E-state index contributed by atoms with van der Waals surface area (Å²) in [6.07, 6.45) is 2.10. The average Bonchev–Trinajstić information content (AvgIpc) is 1.86. The molecule has 6 N–H and O–H groups in total. The second kappa shape index (κ2) is 11.7. The maximum absolute atomic E-state index is 7.15. The van der Waals surface area contributed by atoms with Crippen molar-refractivity contribution in [2.75, 3.05) is 6.54 Å². The molecule has 7 heteroatoms. The van der Waals surface area contributed by atoms with Crippen LogP contribution in [-0.4, -0.2) is 18.5 Å². The predicted octanol–water partition coefficient (Wildman–Crippen LogP) is 0.213. The molecule has 0 radical (unpaired) electrons. The molecule has 0 saturated heterocycles. The van der Waals surface area contributed by atoms with Gasteiger partial charge in [0.2, 0.25) is 0 Å². The fourth-order valence-corrected chi connectivity index (χ4v) is 0.569. The minimum atomic E-state index is -0.209. The van der Waals surface area contributed by atoms with Crippen LogP contribution in [0.3, 0.4) is 0 Å². The first-order chi connectivity index (χ1) is 5.16. The van der Waals surface area contributed by atoms with E-state index < -0.39 is 0 Å². The topological polar surface area (TPSA) is 97.8 Å². The Morgan fingerprint density at radius 1 is 1.38 bits per heavy atom. The third-order valence-electron chi connectivity index (χ3n) is 1.09. The molecule has 5 nitrogen and oxygen atoms in total. The summed E-state index contributed by atoms with van der Waals surface area (Å²) in [6.45, 7) is 2.82. The molecule has 0 saturated carbocycles. The van der Waals surface area contributed by atoms with Crippen molar-refractivity contribution in [1.82, 2.24) is 10.6 Å². The molecule has 0 aromatic carbocycles. The van der Waals surface area contributed by atoms with Gasteiger partial charge in [0.25, 0.3) is 0 Å². The fourth-order valence-electron chi connectivity index (χ4n) is 0.569. The quantitative estimate of drug-likeness (QED) is 0.223. The van der Waals surface area contributed by atoms with Crippen molar-refractivity contribution < 1.29 is 20.4 Å². The Balaban J connectivity index is -0.000000500. The molecule has 13 heavy (non-hydrogen) atoms. The smallest absolute Gasteiger partial charge is 0.195 e. The maximum atomic E-state index is 7.15. The van der Waals surface area contributed by atoms with Gasteiger partial charge >= 0.3 is 0 Å². The average molecular weight is 300 g/mol. The van der Waals surface area contributed by atoms with E-state index in [9.17, 15) is 0 Å². The van der Waals surface area contributed by atoms with Crippen molar-refractivity contribution in [2.45, 2.75) is 19.8 Å². The molecule has 0 heterocycles. The number of unbranched alkanes of at least 4 members (excludes halogenated alkanes) is 1. The van der Waals surface area contributed by atoms with E-state index in [4.69, 9.17) is 16.6 Å². The van der Waals surface area contributed by atoms with Gasteiger partial charge in [0, 0.05) is 27.0 Å². The van der Waals surface area contributed by atoms with E-state index >= 15 is 0 Å². The summed E-state index contributed by atoms with van der Waals surface area (Å²) in [7, 11) is 0. The van der Waals surface area contributed by atoms with Crippen LogP contribution < -0.4 is 16.4 Å². The number of guanidine groups is 2. The van der Waals surface area contributed by atoms with Gasteiger partial charge in [0.15, 0.2) is 11.9 Å². The molecule has 0 fully saturated rings. The molecular formula is C6H16ClN5Pd. The summed E-state index contributed by atoms with van der Waals surface area (Å²) in [4.78, 5) is 0. The third kappa shape index (κ3) is 14.5. The summed E-state index contributed by atoms with van der Waals surface area (Å²) in [5.41, 5.74) is 4.99. The first-order valence-corrected chi connectivity index (χ1v) is 3.60. The van der Waals surface area contributed by atoms with Gasteiger partial charge in [-0.3, -0.25) is 16.1 Å². The molecule has 0 aliphatic carbocycles. The van der Waals surface area contributed by atoms with E-state index in [2.05, 4.69) is 17.6 Å². The first-order valence-electron chi connectivity index (χ1n) is 3.60. The van der Waals surface area contributed by atoms with Gasteiger partial charge in [-0.25, -0.2) is 0 Å². The number of hydrogen-bond donors (Lipinski definition) is 5. The van der Waals surface area contributed by atoms with Gasteiger partial charge in [0.1, 0.15) is 0 Å². The molecule has 0 rings (SSSR count). The summed E-state index contributed by atoms with van der Waals surface area (Å²) < 4.78 is 0. The van der Waals surface area contributed by atoms with Crippen molar-refractivity contribution in [1.29, 1.82) is 10.8 Å². The molecule has 0 aromatic rings. The van der Waals surface area contributed by atoms with Crippen LogP contribution in [0.2, 0.25) is 0 Å². The van der Waals surface area contributed by atoms with Gasteiger partial charge in [-0.05, 0) is 6.42 Å². The van der Waals surface area contributed by atoms with Gasteiger partial charge < -0.3 is 11.1 Å². The second-order valence-corrected chi connectivity index (χ2v) is 2.19. The SMILES string of the molecule is CCCCNC(=N)NC(=N)N.Cl.[Pd]. The van der Waals surface area contributed by atoms with Gasteiger partial charge in [0.05, 0.1) is 0 Å². The monoisotopic (exact) mass is 299 g/mol. The molecule has 0 aromatic heterocycles. The molecule has 82 valence electrons. The molecular weight excluding hydrogens is 284 g/mol. The minimum Gasteiger partial charge on any atom is -0.370 e. The predicted molar refractivity (Wildman–Crippen MR) is 52.9 cm³/mol. The Labute approximate surface area is 98.3 Å². The van der Waals surface area contributed by atoms with Crippen molar-refractivity contribution in [2.24, 2.45) is 5.73 Å². The van der Waals surface area contributed by atoms with Crippen LogP contribution in [0, 0.1) is 10.8 Å². The van der Waals surface area contributed by atoms with Crippen molar-refractivity contribution in [3.63, 3.8) is 0 Å². The van der Waals surface area contributed by atoms with Crippen LogP contribution in [0.1, 0.15) is 19.8 Å². The maximum Gasteiger partial charge on any atom is 0.195 e. The zero-order valence-corrected chi connectivity index (χ0v) is 9.79. The van der Waals surface area contributed by atoms with E-state index in [0.717, 1.165) is 19.4 Å². The van der Waals surface area contributed by atoms with Gasteiger partial charge in [-0.15, -0.1) is 12.4 Å². The Hall–Kier alpha value is -0.308. The van der Waals surface area contributed by atoms with Gasteiger partial charge in [-0.2, -0.15) is 0 Å². The van der Waals surface area contributed by atoms with Crippen LogP contribution in [0.5, 0.6) is 0 Å². The van der Waals surface area contributed by atoms with E-state index in [-0.39, 0.29) is 44.7 Å². The van der Waals surface area contributed by atoms with Crippen molar-refractivity contribution >= 4 is 24.3 Å². The van der Waals surface area contributed by atoms with E-state index in [1.165, 1.54) is 0 Å². The molecule has 0 aliphatic rings. The summed E-state index contributed by atoms with van der Waals surface area (Å²) in [5.74, 6) is -0.120. The van der Waals surface area contributed by atoms with E-state index in [1.54, 1.807) is 0 Å². The summed E-state index contributed by atoms with van der Waals surface area (Å²) in [5, 5.41) is 19.0. The zero-order chi connectivity index (χ0) is 8.69. The fraction of sp³-hybridized carbons (Fsp3) is 0.667. The Morgan fingerprint density at radius 3 is 2.31 bits per heavy atom. The minimum absolute atomic E-state index is 0. The largest absolute Gasteiger partial charge is 0.370 e. The number of hydrogen-bond acceptors (Lipinski definition) is 2. The zero-order valence-electron chi connectivity index (χ0n) is 7.42. The number of rotatable bonds is 3. The molecule has 0 bridgehead atoms. The van der Waals surface area contributed by atoms with Crippen molar-refractivity contribution in [3.05, 3.63) is 0 Å². The van der Waals surface area contributed by atoms with E-state index in [1.807, 2.05) is 0 Å². The van der Waals surface area contributed by atoms with Gasteiger partial charge in [-0.1, -0.05) is 13.3 Å². The van der Waals surface area contributed by atoms with Crippen LogP contribution in [-0.2, 0) is 20.4 Å². The summed E-state index contributed by atoms with van der Waals surface area (Å²) in [6, 6.07) is 0. The molecule has 0 atom stereocenters.